The first kappa shape index (κ1) is 16.0. The van der Waals surface area contributed by atoms with Crippen LogP contribution in [0.25, 0.3) is 0 Å². The van der Waals surface area contributed by atoms with Crippen molar-refractivity contribution in [3.05, 3.63) is 35.9 Å². The van der Waals surface area contributed by atoms with Crippen molar-refractivity contribution in [2.75, 3.05) is 0 Å². The number of rotatable bonds is 5. The summed E-state index contributed by atoms with van der Waals surface area (Å²) in [6.45, 7) is 10.2. The van der Waals surface area contributed by atoms with Crippen molar-refractivity contribution in [3.8, 4) is 0 Å². The first-order valence-corrected chi connectivity index (χ1v) is 6.95. The van der Waals surface area contributed by atoms with Crippen LogP contribution in [-0.4, -0.2) is 5.97 Å². The molecule has 0 N–H and O–H groups in total. The maximum atomic E-state index is 12.1. The fourth-order valence-corrected chi connectivity index (χ4v) is 2.87. The second-order valence-corrected chi connectivity index (χ2v) is 6.44. The molecule has 0 aliphatic carbocycles. The molecule has 0 aliphatic rings. The first-order valence-electron chi connectivity index (χ1n) is 6.64. The Bertz CT molecular complexity index is 426. The maximum absolute atomic E-state index is 12.1. The van der Waals surface area contributed by atoms with Crippen LogP contribution in [0, 0.1) is 11.3 Å². The molecule has 19 heavy (non-hydrogen) atoms. The number of carbonyl (C=O) groups is 1. The molecule has 1 atom stereocenters. The van der Waals surface area contributed by atoms with Gasteiger partial charge in [-0.2, -0.15) is 0 Å². The third-order valence-electron chi connectivity index (χ3n) is 4.19. The Kier molecular flexibility index (Phi) is 5.03. The largest absolute Gasteiger partial charge is 0.347 e. The van der Waals surface area contributed by atoms with E-state index in [0.717, 1.165) is 12.0 Å². The van der Waals surface area contributed by atoms with Crippen molar-refractivity contribution < 1.29 is 9.08 Å². The summed E-state index contributed by atoms with van der Waals surface area (Å²) in [4.78, 5) is 12.1. The highest BCUT2D eigenvalue weighted by Crippen LogP contribution is 2.47. The maximum Gasteiger partial charge on any atom is 0.331 e. The lowest BCUT2D eigenvalue weighted by Gasteiger charge is -2.43. The molecule has 1 aromatic carbocycles. The highest BCUT2D eigenvalue weighted by atomic mass is 35.5. The van der Waals surface area contributed by atoms with Crippen LogP contribution in [0.15, 0.2) is 30.3 Å². The predicted molar refractivity (Wildman–Crippen MR) is 79.0 cm³/mol. The van der Waals surface area contributed by atoms with Crippen molar-refractivity contribution in [2.45, 2.75) is 46.5 Å². The van der Waals surface area contributed by atoms with Crippen LogP contribution in [-0.2, 0) is 14.5 Å². The van der Waals surface area contributed by atoms with Gasteiger partial charge in [0.05, 0.1) is 5.41 Å². The summed E-state index contributed by atoms with van der Waals surface area (Å²) in [6.07, 6.45) is 0.885. The van der Waals surface area contributed by atoms with Crippen LogP contribution in [0.4, 0.5) is 0 Å². The molecule has 0 fully saturated rings. The topological polar surface area (TPSA) is 26.3 Å². The lowest BCUT2D eigenvalue weighted by atomic mass is 9.59. The Hall–Kier alpha value is -1.02. The first-order chi connectivity index (χ1) is 8.75. The smallest absolute Gasteiger partial charge is 0.331 e. The van der Waals surface area contributed by atoms with Crippen molar-refractivity contribution >= 4 is 17.8 Å². The monoisotopic (exact) mass is 282 g/mol. The van der Waals surface area contributed by atoms with E-state index in [1.807, 2.05) is 32.0 Å². The molecule has 0 saturated carbocycles. The molecule has 0 amide bonds. The molecule has 1 rings (SSSR count). The fourth-order valence-electron chi connectivity index (χ4n) is 2.68. The van der Waals surface area contributed by atoms with Gasteiger partial charge in [-0.25, -0.2) is 4.79 Å². The lowest BCUT2D eigenvalue weighted by molar-refractivity contribution is -0.148. The second-order valence-electron chi connectivity index (χ2n) is 6.29. The Morgan fingerprint density at radius 2 is 1.74 bits per heavy atom. The highest BCUT2D eigenvalue weighted by molar-refractivity contribution is 6.13. The standard InChI is InChI=1S/C16H23ClO2/c1-12(2)11-16(5,13-9-7-6-8-10-13)15(3,4)14(18)19-17/h6-10,12H,11H2,1-5H3. The summed E-state index contributed by atoms with van der Waals surface area (Å²) >= 11 is 5.32. The van der Waals surface area contributed by atoms with Gasteiger partial charge < -0.3 is 4.29 Å². The molecule has 0 aliphatic heterocycles. The molecule has 0 bridgehead atoms. The van der Waals surface area contributed by atoms with Gasteiger partial charge >= 0.3 is 5.97 Å². The van der Waals surface area contributed by atoms with Gasteiger partial charge in [-0.05, 0) is 31.7 Å². The van der Waals surface area contributed by atoms with E-state index in [1.165, 1.54) is 0 Å². The molecule has 106 valence electrons. The molecule has 1 aromatic rings. The summed E-state index contributed by atoms with van der Waals surface area (Å²) in [6, 6.07) is 10.1. The third kappa shape index (κ3) is 3.11. The van der Waals surface area contributed by atoms with Crippen LogP contribution in [0.2, 0.25) is 0 Å². The molecule has 2 nitrogen and oxygen atoms in total. The van der Waals surface area contributed by atoms with Crippen molar-refractivity contribution in [3.63, 3.8) is 0 Å². The van der Waals surface area contributed by atoms with E-state index in [0.29, 0.717) is 5.92 Å². The molecule has 0 aromatic heterocycles. The molecule has 0 radical (unpaired) electrons. The number of halogens is 1. The molecule has 0 saturated heterocycles. The minimum atomic E-state index is -0.694. The molecule has 1 unspecified atom stereocenters. The van der Waals surface area contributed by atoms with E-state index in [4.69, 9.17) is 11.9 Å². The predicted octanol–water partition coefficient (Wildman–Crippen LogP) is 4.71. The SMILES string of the molecule is CC(C)CC(C)(c1ccccc1)C(C)(C)C(=O)OCl. The third-order valence-corrected chi connectivity index (χ3v) is 4.33. The van der Waals surface area contributed by atoms with Crippen LogP contribution >= 0.6 is 11.9 Å². The molecule has 3 heteroatoms. The van der Waals surface area contributed by atoms with Crippen molar-refractivity contribution in [1.29, 1.82) is 0 Å². The highest BCUT2D eigenvalue weighted by Gasteiger charge is 2.49. The Balaban J connectivity index is 3.32. The summed E-state index contributed by atoms with van der Waals surface area (Å²) < 4.78 is 4.50. The lowest BCUT2D eigenvalue weighted by Crippen LogP contribution is -2.46. The van der Waals surface area contributed by atoms with Gasteiger partial charge in [-0.15, -0.1) is 0 Å². The summed E-state index contributed by atoms with van der Waals surface area (Å²) in [5, 5.41) is 0. The van der Waals surface area contributed by atoms with E-state index < -0.39 is 5.41 Å². The van der Waals surface area contributed by atoms with Gasteiger partial charge in [0.1, 0.15) is 11.9 Å². The van der Waals surface area contributed by atoms with Crippen LogP contribution in [0.5, 0.6) is 0 Å². The zero-order valence-electron chi connectivity index (χ0n) is 12.4. The zero-order chi connectivity index (χ0) is 14.7. The van der Waals surface area contributed by atoms with E-state index in [9.17, 15) is 4.79 Å². The van der Waals surface area contributed by atoms with Crippen LogP contribution < -0.4 is 0 Å². The second kappa shape index (κ2) is 5.96. The van der Waals surface area contributed by atoms with Gasteiger partial charge in [0, 0.05) is 5.41 Å². The van der Waals surface area contributed by atoms with Gasteiger partial charge in [0.25, 0.3) is 0 Å². The molecule has 0 heterocycles. The number of hydrogen-bond acceptors (Lipinski definition) is 2. The van der Waals surface area contributed by atoms with Gasteiger partial charge in [-0.1, -0.05) is 51.1 Å². The molecule has 0 spiro atoms. The zero-order valence-corrected chi connectivity index (χ0v) is 13.1. The van der Waals surface area contributed by atoms with Crippen molar-refractivity contribution in [2.24, 2.45) is 11.3 Å². The van der Waals surface area contributed by atoms with Gasteiger partial charge in [0.2, 0.25) is 0 Å². The molecular weight excluding hydrogens is 260 g/mol. The quantitative estimate of drug-likeness (QED) is 0.781. The average molecular weight is 283 g/mol. The van der Waals surface area contributed by atoms with Gasteiger partial charge in [0.15, 0.2) is 0 Å². The van der Waals surface area contributed by atoms with Crippen LogP contribution in [0.3, 0.4) is 0 Å². The minimum absolute atomic E-state index is 0.325. The fraction of sp³-hybridized carbons (Fsp3) is 0.562. The summed E-state index contributed by atoms with van der Waals surface area (Å²) in [7, 11) is 0. The minimum Gasteiger partial charge on any atom is -0.347 e. The van der Waals surface area contributed by atoms with E-state index >= 15 is 0 Å². The average Bonchev–Trinajstić information content (AvgIpc) is 2.37. The number of hydrogen-bond donors (Lipinski definition) is 0. The van der Waals surface area contributed by atoms with E-state index in [-0.39, 0.29) is 11.4 Å². The van der Waals surface area contributed by atoms with Crippen molar-refractivity contribution in [1.82, 2.24) is 0 Å². The van der Waals surface area contributed by atoms with E-state index in [1.54, 1.807) is 0 Å². The van der Waals surface area contributed by atoms with E-state index in [2.05, 4.69) is 37.2 Å². The van der Waals surface area contributed by atoms with Crippen LogP contribution in [0.1, 0.15) is 46.6 Å². The summed E-state index contributed by atoms with van der Waals surface area (Å²) in [5.74, 6) is 0.0776. The number of carbonyl (C=O) groups excluding carboxylic acids is 1. The Labute approximate surface area is 121 Å². The Morgan fingerprint density at radius 3 is 2.16 bits per heavy atom. The molecular formula is C16H23ClO2. The Morgan fingerprint density at radius 1 is 1.21 bits per heavy atom. The normalized spacial score (nSPS) is 15.1. The summed E-state index contributed by atoms with van der Waals surface area (Å²) in [5.41, 5.74) is 0.116. The van der Waals surface area contributed by atoms with Gasteiger partial charge in [-0.3, -0.25) is 0 Å². The number of benzene rings is 1.